The molecule has 1 heterocycles. The van der Waals surface area contributed by atoms with Crippen LogP contribution in [-0.2, 0) is 0 Å². The summed E-state index contributed by atoms with van der Waals surface area (Å²) in [4.78, 5) is 4.66. The first-order valence-electron chi connectivity index (χ1n) is 7.99. The molecule has 0 saturated heterocycles. The van der Waals surface area contributed by atoms with Gasteiger partial charge >= 0.3 is 0 Å². The highest BCUT2D eigenvalue weighted by Crippen LogP contribution is 2.43. The van der Waals surface area contributed by atoms with Crippen molar-refractivity contribution < 1.29 is 5.11 Å². The largest absolute Gasteiger partial charge is 0.391 e. The quantitative estimate of drug-likeness (QED) is 0.857. The van der Waals surface area contributed by atoms with Gasteiger partial charge in [0.15, 0.2) is 0 Å². The fourth-order valence-corrected chi connectivity index (χ4v) is 3.78. The topological polar surface area (TPSA) is 38.0 Å². The normalized spacial score (nSPS) is 27.2. The summed E-state index contributed by atoms with van der Waals surface area (Å²) in [6.45, 7) is 8.98. The summed E-state index contributed by atoms with van der Waals surface area (Å²) in [5.74, 6) is 1.65. The molecule has 3 nitrogen and oxygen atoms in total. The van der Waals surface area contributed by atoms with E-state index in [2.05, 4.69) is 48.5 Å². The lowest BCUT2D eigenvalue weighted by Gasteiger charge is -2.41. The van der Waals surface area contributed by atoms with E-state index in [-0.39, 0.29) is 12.1 Å². The highest BCUT2D eigenvalue weighted by atomic mass is 16.3. The van der Waals surface area contributed by atoms with Crippen molar-refractivity contribution in [3.05, 3.63) is 30.1 Å². The molecule has 0 spiro atoms. The molecular weight excluding hydrogens is 260 g/mol. The summed E-state index contributed by atoms with van der Waals surface area (Å²) in [6, 6.07) is 8.39. The summed E-state index contributed by atoms with van der Waals surface area (Å²) in [6.07, 6.45) is 2.77. The van der Waals surface area contributed by atoms with Crippen molar-refractivity contribution in [2.24, 2.45) is 11.3 Å². The second kappa shape index (κ2) is 5.13. The molecule has 1 aromatic heterocycles. The van der Waals surface area contributed by atoms with Gasteiger partial charge in [0.1, 0.15) is 5.82 Å². The zero-order chi connectivity index (χ0) is 15.2. The maximum atomic E-state index is 10.6. The van der Waals surface area contributed by atoms with Crippen LogP contribution in [0.25, 0.3) is 11.0 Å². The Morgan fingerprint density at radius 3 is 2.62 bits per heavy atom. The van der Waals surface area contributed by atoms with Crippen LogP contribution < -0.4 is 0 Å². The van der Waals surface area contributed by atoms with Crippen molar-refractivity contribution in [1.29, 1.82) is 0 Å². The zero-order valence-electron chi connectivity index (χ0n) is 13.5. The van der Waals surface area contributed by atoms with Gasteiger partial charge in [-0.25, -0.2) is 4.98 Å². The molecule has 1 fully saturated rings. The van der Waals surface area contributed by atoms with Gasteiger partial charge in [0, 0.05) is 0 Å². The van der Waals surface area contributed by atoms with Gasteiger partial charge in [-0.2, -0.15) is 0 Å². The molecule has 1 N–H and O–H groups in total. The van der Waals surface area contributed by atoms with Gasteiger partial charge in [-0.15, -0.1) is 0 Å². The van der Waals surface area contributed by atoms with Crippen LogP contribution in [0.1, 0.15) is 51.9 Å². The van der Waals surface area contributed by atoms with Gasteiger partial charge in [0.2, 0.25) is 0 Å². The first kappa shape index (κ1) is 14.6. The zero-order valence-corrected chi connectivity index (χ0v) is 13.5. The minimum Gasteiger partial charge on any atom is -0.391 e. The van der Waals surface area contributed by atoms with Crippen molar-refractivity contribution in [3.8, 4) is 0 Å². The smallest absolute Gasteiger partial charge is 0.107 e. The second-order valence-electron chi connectivity index (χ2n) is 7.53. The average Bonchev–Trinajstić information content (AvgIpc) is 2.74. The molecule has 2 aromatic rings. The van der Waals surface area contributed by atoms with Crippen LogP contribution >= 0.6 is 0 Å². The molecule has 0 radical (unpaired) electrons. The molecule has 114 valence electrons. The van der Waals surface area contributed by atoms with E-state index < -0.39 is 0 Å². The number of nitrogens with zero attached hydrogens (tertiary/aromatic N) is 2. The van der Waals surface area contributed by atoms with E-state index in [0.717, 1.165) is 36.1 Å². The number of imidazole rings is 1. The Labute approximate surface area is 127 Å². The van der Waals surface area contributed by atoms with Crippen LogP contribution in [0.15, 0.2) is 24.3 Å². The van der Waals surface area contributed by atoms with E-state index in [1.54, 1.807) is 0 Å². The Morgan fingerprint density at radius 2 is 1.90 bits per heavy atom. The molecule has 0 aliphatic heterocycles. The summed E-state index contributed by atoms with van der Waals surface area (Å²) >= 11 is 0. The lowest BCUT2D eigenvalue weighted by atomic mass is 9.70. The molecular formula is C18H26N2O. The molecule has 3 heteroatoms. The predicted molar refractivity (Wildman–Crippen MR) is 86.3 cm³/mol. The third-order valence-electron chi connectivity index (χ3n) is 5.11. The van der Waals surface area contributed by atoms with Crippen molar-refractivity contribution in [2.45, 2.75) is 59.1 Å². The Bertz CT molecular complexity index is 638. The molecule has 1 saturated carbocycles. The standard InChI is InChI=1S/C18H26N2O/c1-12-19-14-7-5-6-8-15(14)20(12)16-11-13(18(2,3)4)9-10-17(16)21/h5-8,13,16-17,21H,9-11H2,1-4H3. The van der Waals surface area contributed by atoms with Crippen molar-refractivity contribution in [1.82, 2.24) is 9.55 Å². The van der Waals surface area contributed by atoms with Crippen LogP contribution in [-0.4, -0.2) is 20.8 Å². The first-order chi connectivity index (χ1) is 9.88. The van der Waals surface area contributed by atoms with Crippen LogP contribution in [0.5, 0.6) is 0 Å². The van der Waals surface area contributed by atoms with E-state index in [9.17, 15) is 5.11 Å². The van der Waals surface area contributed by atoms with E-state index in [1.165, 1.54) is 0 Å². The lowest BCUT2D eigenvalue weighted by molar-refractivity contribution is 0.0261. The number of fused-ring (bicyclic) bond motifs is 1. The maximum absolute atomic E-state index is 10.6. The Hall–Kier alpha value is -1.35. The number of hydrogen-bond donors (Lipinski definition) is 1. The highest BCUT2D eigenvalue weighted by Gasteiger charge is 2.36. The molecule has 21 heavy (non-hydrogen) atoms. The summed E-state index contributed by atoms with van der Waals surface area (Å²) in [7, 11) is 0. The molecule has 3 atom stereocenters. The van der Waals surface area contributed by atoms with Crippen molar-refractivity contribution in [3.63, 3.8) is 0 Å². The number of aryl methyl sites for hydroxylation is 1. The number of aromatic nitrogens is 2. The van der Waals surface area contributed by atoms with Gasteiger partial charge < -0.3 is 9.67 Å². The third-order valence-corrected chi connectivity index (χ3v) is 5.11. The fourth-order valence-electron chi connectivity index (χ4n) is 3.78. The van der Waals surface area contributed by atoms with Crippen molar-refractivity contribution >= 4 is 11.0 Å². The summed E-state index contributed by atoms with van der Waals surface area (Å²) in [5, 5.41) is 10.6. The molecule has 0 amide bonds. The third kappa shape index (κ3) is 2.59. The minimum absolute atomic E-state index is 0.148. The number of rotatable bonds is 1. The molecule has 3 rings (SSSR count). The van der Waals surface area contributed by atoms with Gasteiger partial charge in [0.25, 0.3) is 0 Å². The van der Waals surface area contributed by atoms with E-state index >= 15 is 0 Å². The lowest BCUT2D eigenvalue weighted by Crippen LogP contribution is -2.36. The van der Waals surface area contributed by atoms with Crippen LogP contribution in [0.4, 0.5) is 0 Å². The minimum atomic E-state index is -0.264. The second-order valence-corrected chi connectivity index (χ2v) is 7.53. The Kier molecular flexibility index (Phi) is 3.56. The molecule has 3 unspecified atom stereocenters. The Balaban J connectivity index is 2.02. The number of aliphatic hydroxyl groups excluding tert-OH is 1. The van der Waals surface area contributed by atoms with Crippen LogP contribution in [0.3, 0.4) is 0 Å². The Morgan fingerprint density at radius 1 is 1.19 bits per heavy atom. The molecule has 0 bridgehead atoms. The predicted octanol–water partition coefficient (Wildman–Crippen LogP) is 4.09. The van der Waals surface area contributed by atoms with E-state index in [0.29, 0.717) is 11.3 Å². The summed E-state index contributed by atoms with van der Waals surface area (Å²) in [5.41, 5.74) is 2.47. The van der Waals surface area contributed by atoms with Gasteiger partial charge in [-0.05, 0) is 49.7 Å². The van der Waals surface area contributed by atoms with Crippen LogP contribution in [0, 0.1) is 18.3 Å². The van der Waals surface area contributed by atoms with Gasteiger partial charge in [-0.3, -0.25) is 0 Å². The maximum Gasteiger partial charge on any atom is 0.107 e. The first-order valence-corrected chi connectivity index (χ1v) is 7.99. The SMILES string of the molecule is Cc1nc2ccccc2n1C1CC(C(C)(C)C)CCC1O. The van der Waals surface area contributed by atoms with Crippen molar-refractivity contribution in [2.75, 3.05) is 0 Å². The fraction of sp³-hybridized carbons (Fsp3) is 0.611. The monoisotopic (exact) mass is 286 g/mol. The van der Waals surface area contributed by atoms with Gasteiger partial charge in [0.05, 0.1) is 23.2 Å². The van der Waals surface area contributed by atoms with E-state index in [1.807, 2.05) is 13.0 Å². The molecule has 1 aromatic carbocycles. The molecule has 1 aliphatic rings. The van der Waals surface area contributed by atoms with Gasteiger partial charge in [-0.1, -0.05) is 32.9 Å². The number of aliphatic hydroxyl groups is 1. The number of para-hydroxylation sites is 2. The number of hydrogen-bond acceptors (Lipinski definition) is 2. The number of benzene rings is 1. The average molecular weight is 286 g/mol. The highest BCUT2D eigenvalue weighted by molar-refractivity contribution is 5.76. The summed E-state index contributed by atoms with van der Waals surface area (Å²) < 4.78 is 2.26. The molecule has 1 aliphatic carbocycles. The van der Waals surface area contributed by atoms with E-state index in [4.69, 9.17) is 0 Å². The van der Waals surface area contributed by atoms with Crippen LogP contribution in [0.2, 0.25) is 0 Å².